The molecular weight excluding hydrogens is 176 g/mol. The first kappa shape index (κ1) is 7.38. The second-order valence-electron chi connectivity index (χ2n) is 3.17. The molecule has 2 aliphatic rings. The summed E-state index contributed by atoms with van der Waals surface area (Å²) in [6.45, 7) is 0. The van der Waals surface area contributed by atoms with Gasteiger partial charge in [-0.15, -0.1) is 0 Å². The first-order chi connectivity index (χ1) is 6.84. The molecule has 1 aromatic heterocycles. The van der Waals surface area contributed by atoms with Crippen LogP contribution in [0, 0.1) is 0 Å². The van der Waals surface area contributed by atoms with Crippen LogP contribution in [0.15, 0.2) is 41.6 Å². The van der Waals surface area contributed by atoms with Crippen molar-refractivity contribution in [1.82, 2.24) is 4.98 Å². The topological polar surface area (TPSA) is 42.3 Å². The summed E-state index contributed by atoms with van der Waals surface area (Å²) < 4.78 is 0. The monoisotopic (exact) mass is 182 g/mol. The Labute approximate surface area is 80.5 Å². The number of aliphatic imine (C=N–C) groups is 1. The standard InChI is InChI=1S/C11H6N2O/c14-7-3-4-10-9(6-7)8-2-1-5-12-11(8)13-10/h1-6H. The zero-order chi connectivity index (χ0) is 9.54. The number of carbonyl (C=O) groups excluding carboxylic acids is 1. The number of pyridine rings is 1. The van der Waals surface area contributed by atoms with Crippen LogP contribution in [-0.4, -0.2) is 16.5 Å². The van der Waals surface area contributed by atoms with E-state index in [0.717, 1.165) is 16.8 Å². The molecule has 66 valence electrons. The maximum Gasteiger partial charge on any atom is 0.179 e. The molecule has 0 aromatic carbocycles. The summed E-state index contributed by atoms with van der Waals surface area (Å²) in [6.07, 6.45) is 6.56. The van der Waals surface area contributed by atoms with E-state index in [9.17, 15) is 4.79 Å². The zero-order valence-electron chi connectivity index (χ0n) is 7.27. The summed E-state index contributed by atoms with van der Waals surface area (Å²) in [6, 6.07) is 3.78. The Kier molecular flexibility index (Phi) is 1.31. The first-order valence-corrected chi connectivity index (χ1v) is 4.33. The summed E-state index contributed by atoms with van der Waals surface area (Å²) in [7, 11) is 0. The maximum absolute atomic E-state index is 11.2. The van der Waals surface area contributed by atoms with E-state index < -0.39 is 0 Å². The minimum absolute atomic E-state index is 0.00986. The number of allylic oxidation sites excluding steroid dienone is 4. The van der Waals surface area contributed by atoms with Crippen LogP contribution < -0.4 is 0 Å². The molecule has 0 radical (unpaired) electrons. The maximum atomic E-state index is 11.2. The molecule has 0 saturated carbocycles. The molecule has 0 bridgehead atoms. The normalized spacial score (nSPS) is 17.3. The quantitative estimate of drug-likeness (QED) is 0.573. The third-order valence-corrected chi connectivity index (χ3v) is 2.27. The van der Waals surface area contributed by atoms with E-state index in [0.29, 0.717) is 5.82 Å². The van der Waals surface area contributed by atoms with Crippen molar-refractivity contribution in [3.63, 3.8) is 0 Å². The summed E-state index contributed by atoms with van der Waals surface area (Å²) in [5.74, 6) is 0.712. The summed E-state index contributed by atoms with van der Waals surface area (Å²) in [4.78, 5) is 19.6. The molecule has 3 nitrogen and oxygen atoms in total. The predicted molar refractivity (Wildman–Crippen MR) is 53.5 cm³/mol. The van der Waals surface area contributed by atoms with Crippen molar-refractivity contribution in [2.45, 2.75) is 0 Å². The number of fused-ring (bicyclic) bond motifs is 3. The van der Waals surface area contributed by atoms with Gasteiger partial charge >= 0.3 is 0 Å². The van der Waals surface area contributed by atoms with Gasteiger partial charge in [0.05, 0.1) is 5.71 Å². The van der Waals surface area contributed by atoms with Gasteiger partial charge in [-0.05, 0) is 30.4 Å². The van der Waals surface area contributed by atoms with E-state index >= 15 is 0 Å². The largest absolute Gasteiger partial charge is 0.290 e. The molecule has 0 saturated heterocycles. The van der Waals surface area contributed by atoms with Gasteiger partial charge in [0.2, 0.25) is 0 Å². The summed E-state index contributed by atoms with van der Waals surface area (Å²) in [5, 5.41) is 0. The van der Waals surface area contributed by atoms with Crippen molar-refractivity contribution < 1.29 is 4.79 Å². The van der Waals surface area contributed by atoms with Crippen LogP contribution in [0.1, 0.15) is 5.56 Å². The van der Waals surface area contributed by atoms with Crippen molar-refractivity contribution >= 4 is 22.9 Å². The minimum Gasteiger partial charge on any atom is -0.290 e. The lowest BCUT2D eigenvalue weighted by Gasteiger charge is -2.02. The van der Waals surface area contributed by atoms with Gasteiger partial charge in [-0.3, -0.25) is 4.79 Å². The average molecular weight is 182 g/mol. The molecule has 2 heterocycles. The Morgan fingerprint density at radius 2 is 2.14 bits per heavy atom. The highest BCUT2D eigenvalue weighted by Gasteiger charge is 2.22. The number of hydrogen-bond acceptors (Lipinski definition) is 3. The third kappa shape index (κ3) is 0.893. The molecule has 0 N–H and O–H groups in total. The number of ketones is 1. The average Bonchev–Trinajstić information content (AvgIpc) is 2.56. The molecule has 3 heteroatoms. The zero-order valence-corrected chi connectivity index (χ0v) is 7.27. The first-order valence-electron chi connectivity index (χ1n) is 4.33. The number of rotatable bonds is 0. The van der Waals surface area contributed by atoms with Crippen LogP contribution in [-0.2, 0) is 4.79 Å². The SMILES string of the molecule is O=C1C=CC2=Nc3ncccc3C2=C1. The molecule has 0 spiro atoms. The van der Waals surface area contributed by atoms with Crippen LogP contribution in [0.2, 0.25) is 0 Å². The smallest absolute Gasteiger partial charge is 0.179 e. The number of nitrogens with zero attached hydrogens (tertiary/aromatic N) is 2. The van der Waals surface area contributed by atoms with Gasteiger partial charge in [0.1, 0.15) is 0 Å². The Bertz CT molecular complexity index is 524. The lowest BCUT2D eigenvalue weighted by atomic mass is 9.99. The van der Waals surface area contributed by atoms with E-state index in [1.165, 1.54) is 6.08 Å². The lowest BCUT2D eigenvalue weighted by molar-refractivity contribution is -0.110. The van der Waals surface area contributed by atoms with Crippen LogP contribution in [0.25, 0.3) is 5.57 Å². The van der Waals surface area contributed by atoms with Gasteiger partial charge in [0.15, 0.2) is 11.6 Å². The molecule has 0 fully saturated rings. The number of aromatic nitrogens is 1. The van der Waals surface area contributed by atoms with Gasteiger partial charge in [-0.2, -0.15) is 0 Å². The van der Waals surface area contributed by atoms with Crippen LogP contribution >= 0.6 is 0 Å². The Balaban J connectivity index is 2.27. The molecule has 0 amide bonds. The molecule has 14 heavy (non-hydrogen) atoms. The third-order valence-electron chi connectivity index (χ3n) is 2.27. The van der Waals surface area contributed by atoms with Gasteiger partial charge < -0.3 is 0 Å². The minimum atomic E-state index is 0.00986. The Morgan fingerprint density at radius 3 is 3.07 bits per heavy atom. The highest BCUT2D eigenvalue weighted by atomic mass is 16.1. The van der Waals surface area contributed by atoms with Gasteiger partial charge in [-0.1, -0.05) is 0 Å². The van der Waals surface area contributed by atoms with Crippen molar-refractivity contribution in [2.24, 2.45) is 4.99 Å². The van der Waals surface area contributed by atoms with Crippen LogP contribution in [0.4, 0.5) is 5.82 Å². The van der Waals surface area contributed by atoms with E-state index in [2.05, 4.69) is 9.98 Å². The van der Waals surface area contributed by atoms with Crippen molar-refractivity contribution in [3.8, 4) is 0 Å². The van der Waals surface area contributed by atoms with Gasteiger partial charge in [0.25, 0.3) is 0 Å². The van der Waals surface area contributed by atoms with Gasteiger partial charge in [0, 0.05) is 17.3 Å². The number of carbonyl (C=O) groups is 1. The van der Waals surface area contributed by atoms with E-state index in [-0.39, 0.29) is 5.78 Å². The Hall–Kier alpha value is -2.03. The summed E-state index contributed by atoms with van der Waals surface area (Å²) in [5.41, 5.74) is 2.67. The highest BCUT2D eigenvalue weighted by Crippen LogP contribution is 2.34. The summed E-state index contributed by atoms with van der Waals surface area (Å²) >= 11 is 0. The fourth-order valence-corrected chi connectivity index (χ4v) is 1.64. The predicted octanol–water partition coefficient (Wildman–Crippen LogP) is 1.69. The number of hydrogen-bond donors (Lipinski definition) is 0. The van der Waals surface area contributed by atoms with Crippen molar-refractivity contribution in [1.29, 1.82) is 0 Å². The lowest BCUT2D eigenvalue weighted by Crippen LogP contribution is -2.02. The molecule has 1 aromatic rings. The van der Waals surface area contributed by atoms with E-state index in [1.54, 1.807) is 18.3 Å². The molecule has 1 aliphatic heterocycles. The molecule has 1 aliphatic carbocycles. The van der Waals surface area contributed by atoms with Crippen molar-refractivity contribution in [3.05, 3.63) is 42.1 Å². The van der Waals surface area contributed by atoms with Gasteiger partial charge in [-0.25, -0.2) is 9.98 Å². The second kappa shape index (κ2) is 2.48. The molecule has 0 atom stereocenters. The van der Waals surface area contributed by atoms with E-state index in [4.69, 9.17) is 0 Å². The van der Waals surface area contributed by atoms with Crippen molar-refractivity contribution in [2.75, 3.05) is 0 Å². The Morgan fingerprint density at radius 1 is 1.21 bits per heavy atom. The van der Waals surface area contributed by atoms with Crippen LogP contribution in [0.5, 0.6) is 0 Å². The fraction of sp³-hybridized carbons (Fsp3) is 0. The fourth-order valence-electron chi connectivity index (χ4n) is 1.64. The molecule has 3 rings (SSSR count). The van der Waals surface area contributed by atoms with Crippen LogP contribution in [0.3, 0.4) is 0 Å². The molecular formula is C11H6N2O. The van der Waals surface area contributed by atoms with E-state index in [1.807, 2.05) is 12.1 Å². The highest BCUT2D eigenvalue weighted by molar-refractivity contribution is 6.39. The second-order valence-corrected chi connectivity index (χ2v) is 3.17. The molecule has 0 unspecified atom stereocenters.